The fourth-order valence-electron chi connectivity index (χ4n) is 2.40. The van der Waals surface area contributed by atoms with E-state index < -0.39 is 0 Å². The molecular weight excluding hydrogens is 186 g/mol. The molecule has 0 amide bonds. The number of ether oxygens (including phenoxy) is 1. The molecule has 1 N–H and O–H groups in total. The first-order valence-corrected chi connectivity index (χ1v) is 6.68. The summed E-state index contributed by atoms with van der Waals surface area (Å²) in [5.74, 6) is 0.892. The zero-order valence-electron chi connectivity index (χ0n) is 10.4. The van der Waals surface area contributed by atoms with Crippen LogP contribution in [0.5, 0.6) is 0 Å². The molecule has 0 unspecified atom stereocenters. The SMILES string of the molecule is CCCC(CCC)CNC1CCOCC1. The molecule has 0 aliphatic carbocycles. The van der Waals surface area contributed by atoms with Crippen molar-refractivity contribution >= 4 is 0 Å². The third-order valence-electron chi connectivity index (χ3n) is 3.31. The van der Waals surface area contributed by atoms with E-state index >= 15 is 0 Å². The van der Waals surface area contributed by atoms with Crippen LogP contribution in [0.2, 0.25) is 0 Å². The Kier molecular flexibility index (Phi) is 7.03. The zero-order chi connectivity index (χ0) is 10.9. The van der Waals surface area contributed by atoms with Crippen molar-refractivity contribution in [3.05, 3.63) is 0 Å². The van der Waals surface area contributed by atoms with Crippen molar-refractivity contribution < 1.29 is 4.74 Å². The molecule has 0 aromatic heterocycles. The summed E-state index contributed by atoms with van der Waals surface area (Å²) in [4.78, 5) is 0. The van der Waals surface area contributed by atoms with Gasteiger partial charge in [-0.15, -0.1) is 0 Å². The summed E-state index contributed by atoms with van der Waals surface area (Å²) in [6.45, 7) is 7.69. The van der Waals surface area contributed by atoms with Crippen LogP contribution in [-0.4, -0.2) is 25.8 Å². The molecule has 15 heavy (non-hydrogen) atoms. The van der Waals surface area contributed by atoms with E-state index in [9.17, 15) is 0 Å². The van der Waals surface area contributed by atoms with E-state index in [1.807, 2.05) is 0 Å². The average molecular weight is 213 g/mol. The van der Waals surface area contributed by atoms with E-state index in [0.717, 1.165) is 25.2 Å². The van der Waals surface area contributed by atoms with E-state index in [-0.39, 0.29) is 0 Å². The van der Waals surface area contributed by atoms with E-state index in [2.05, 4.69) is 19.2 Å². The van der Waals surface area contributed by atoms with Gasteiger partial charge in [0, 0.05) is 19.3 Å². The maximum absolute atomic E-state index is 5.36. The molecule has 0 atom stereocenters. The third-order valence-corrected chi connectivity index (χ3v) is 3.31. The molecule has 0 aromatic rings. The highest BCUT2D eigenvalue weighted by molar-refractivity contribution is 4.72. The molecule has 1 rings (SSSR count). The minimum absolute atomic E-state index is 0.718. The van der Waals surface area contributed by atoms with Crippen molar-refractivity contribution in [3.8, 4) is 0 Å². The summed E-state index contributed by atoms with van der Waals surface area (Å²) in [5, 5.41) is 3.71. The largest absolute Gasteiger partial charge is 0.381 e. The first-order valence-electron chi connectivity index (χ1n) is 6.68. The van der Waals surface area contributed by atoms with Crippen LogP contribution in [0.3, 0.4) is 0 Å². The van der Waals surface area contributed by atoms with E-state index in [1.165, 1.54) is 45.1 Å². The van der Waals surface area contributed by atoms with Crippen LogP contribution >= 0.6 is 0 Å². The Hall–Kier alpha value is -0.0800. The molecule has 0 spiro atoms. The van der Waals surface area contributed by atoms with Gasteiger partial charge in [-0.3, -0.25) is 0 Å². The first-order chi connectivity index (χ1) is 7.36. The lowest BCUT2D eigenvalue weighted by Gasteiger charge is -2.25. The van der Waals surface area contributed by atoms with Crippen molar-refractivity contribution in [3.63, 3.8) is 0 Å². The topological polar surface area (TPSA) is 21.3 Å². The molecule has 1 heterocycles. The third kappa shape index (κ3) is 5.53. The molecule has 2 heteroatoms. The van der Waals surface area contributed by atoms with Gasteiger partial charge in [0.1, 0.15) is 0 Å². The summed E-state index contributed by atoms with van der Waals surface area (Å²) < 4.78 is 5.36. The van der Waals surface area contributed by atoms with E-state index in [4.69, 9.17) is 4.74 Å². The highest BCUT2D eigenvalue weighted by Gasteiger charge is 2.14. The van der Waals surface area contributed by atoms with Gasteiger partial charge >= 0.3 is 0 Å². The minimum atomic E-state index is 0.718. The summed E-state index contributed by atoms with van der Waals surface area (Å²) in [6.07, 6.45) is 7.80. The van der Waals surface area contributed by atoms with E-state index in [0.29, 0.717) is 0 Å². The van der Waals surface area contributed by atoms with Gasteiger partial charge in [0.2, 0.25) is 0 Å². The average Bonchev–Trinajstić information content (AvgIpc) is 2.28. The lowest BCUT2D eigenvalue weighted by atomic mass is 9.97. The highest BCUT2D eigenvalue weighted by atomic mass is 16.5. The van der Waals surface area contributed by atoms with Crippen LogP contribution in [0.15, 0.2) is 0 Å². The lowest BCUT2D eigenvalue weighted by molar-refractivity contribution is 0.0766. The molecular formula is C13H27NO. The maximum Gasteiger partial charge on any atom is 0.0480 e. The monoisotopic (exact) mass is 213 g/mol. The fourth-order valence-corrected chi connectivity index (χ4v) is 2.40. The van der Waals surface area contributed by atoms with Gasteiger partial charge in [0.25, 0.3) is 0 Å². The smallest absolute Gasteiger partial charge is 0.0480 e. The summed E-state index contributed by atoms with van der Waals surface area (Å²) in [5.41, 5.74) is 0. The Bertz CT molecular complexity index is 137. The molecule has 0 aromatic carbocycles. The number of rotatable bonds is 7. The molecule has 0 bridgehead atoms. The standard InChI is InChI=1S/C13H27NO/c1-3-5-12(6-4-2)11-14-13-7-9-15-10-8-13/h12-14H,3-11H2,1-2H3. The Labute approximate surface area is 94.8 Å². The fraction of sp³-hybridized carbons (Fsp3) is 1.00. The molecule has 0 radical (unpaired) electrons. The Balaban J connectivity index is 2.13. The van der Waals surface area contributed by atoms with Crippen molar-refractivity contribution in [1.29, 1.82) is 0 Å². The second-order valence-electron chi connectivity index (χ2n) is 4.74. The Morgan fingerprint density at radius 1 is 1.13 bits per heavy atom. The van der Waals surface area contributed by atoms with Crippen LogP contribution in [0.1, 0.15) is 52.4 Å². The molecule has 0 saturated carbocycles. The zero-order valence-corrected chi connectivity index (χ0v) is 10.4. The van der Waals surface area contributed by atoms with Crippen molar-refractivity contribution in [2.45, 2.75) is 58.4 Å². The van der Waals surface area contributed by atoms with Gasteiger partial charge in [-0.25, -0.2) is 0 Å². The quantitative estimate of drug-likeness (QED) is 0.702. The van der Waals surface area contributed by atoms with Gasteiger partial charge < -0.3 is 10.1 Å². The Morgan fingerprint density at radius 2 is 1.73 bits per heavy atom. The number of hydrogen-bond acceptors (Lipinski definition) is 2. The second-order valence-corrected chi connectivity index (χ2v) is 4.74. The van der Waals surface area contributed by atoms with Gasteiger partial charge in [-0.1, -0.05) is 26.7 Å². The van der Waals surface area contributed by atoms with Gasteiger partial charge in [0.05, 0.1) is 0 Å². The van der Waals surface area contributed by atoms with Gasteiger partial charge in [-0.2, -0.15) is 0 Å². The minimum Gasteiger partial charge on any atom is -0.381 e. The highest BCUT2D eigenvalue weighted by Crippen LogP contribution is 2.14. The predicted molar refractivity (Wildman–Crippen MR) is 65.1 cm³/mol. The summed E-state index contributed by atoms with van der Waals surface area (Å²) >= 11 is 0. The van der Waals surface area contributed by atoms with Crippen LogP contribution in [0.25, 0.3) is 0 Å². The number of nitrogens with one attached hydrogen (secondary N) is 1. The number of hydrogen-bond donors (Lipinski definition) is 1. The van der Waals surface area contributed by atoms with Crippen LogP contribution in [-0.2, 0) is 4.74 Å². The molecule has 90 valence electrons. The van der Waals surface area contributed by atoms with Gasteiger partial charge in [0.15, 0.2) is 0 Å². The van der Waals surface area contributed by atoms with Crippen molar-refractivity contribution in [1.82, 2.24) is 5.32 Å². The predicted octanol–water partition coefficient (Wildman–Crippen LogP) is 2.97. The van der Waals surface area contributed by atoms with Gasteiger partial charge in [-0.05, 0) is 38.1 Å². The first kappa shape index (κ1) is 13.0. The van der Waals surface area contributed by atoms with Crippen molar-refractivity contribution in [2.24, 2.45) is 5.92 Å². The molecule has 1 aliphatic heterocycles. The summed E-state index contributed by atoms with van der Waals surface area (Å²) in [7, 11) is 0. The molecule has 1 aliphatic rings. The molecule has 1 saturated heterocycles. The molecule has 1 fully saturated rings. The van der Waals surface area contributed by atoms with Crippen LogP contribution in [0, 0.1) is 5.92 Å². The van der Waals surface area contributed by atoms with Crippen LogP contribution in [0.4, 0.5) is 0 Å². The van der Waals surface area contributed by atoms with Crippen molar-refractivity contribution in [2.75, 3.05) is 19.8 Å². The molecule has 2 nitrogen and oxygen atoms in total. The maximum atomic E-state index is 5.36. The lowest BCUT2D eigenvalue weighted by Crippen LogP contribution is -2.37. The summed E-state index contributed by atoms with van der Waals surface area (Å²) in [6, 6.07) is 0.718. The second kappa shape index (κ2) is 8.12. The van der Waals surface area contributed by atoms with E-state index in [1.54, 1.807) is 0 Å². The van der Waals surface area contributed by atoms with Crippen LogP contribution < -0.4 is 5.32 Å². The normalized spacial score (nSPS) is 18.6. The Morgan fingerprint density at radius 3 is 2.27 bits per heavy atom.